The number of nitrogens with zero attached hydrogens (tertiary/aromatic N) is 2. The van der Waals surface area contributed by atoms with Crippen LogP contribution in [0.3, 0.4) is 0 Å². The molecule has 0 aliphatic heterocycles. The lowest BCUT2D eigenvalue weighted by atomic mass is 9.76. The normalized spacial score (nSPS) is 13.9. The monoisotopic (exact) mass is 507 g/mol. The highest BCUT2D eigenvalue weighted by atomic mass is 19.1. The van der Waals surface area contributed by atoms with Crippen molar-refractivity contribution in [2.24, 2.45) is 11.7 Å². The highest BCUT2D eigenvalue weighted by Gasteiger charge is 2.36. The maximum atomic E-state index is 14.4. The van der Waals surface area contributed by atoms with Crippen LogP contribution in [0.4, 0.5) is 4.39 Å². The van der Waals surface area contributed by atoms with Gasteiger partial charge in [-0.05, 0) is 44.4 Å². The maximum Gasteiger partial charge on any atom is 0.302 e. The van der Waals surface area contributed by atoms with Crippen LogP contribution in [0.15, 0.2) is 60.8 Å². The number of nitrogens with two attached hydrogens (primary N) is 1. The highest BCUT2D eigenvalue weighted by Crippen LogP contribution is 2.36. The van der Waals surface area contributed by atoms with Gasteiger partial charge < -0.3 is 15.8 Å². The molecular formula is C28H34FN5O3. The molecule has 1 amide bonds. The van der Waals surface area contributed by atoms with Gasteiger partial charge in [-0.1, -0.05) is 42.5 Å². The van der Waals surface area contributed by atoms with Crippen LogP contribution in [0.5, 0.6) is 0 Å². The summed E-state index contributed by atoms with van der Waals surface area (Å²) in [7, 11) is 0. The van der Waals surface area contributed by atoms with Crippen molar-refractivity contribution < 1.29 is 18.7 Å². The summed E-state index contributed by atoms with van der Waals surface area (Å²) in [5.41, 5.74) is 6.85. The number of esters is 1. The van der Waals surface area contributed by atoms with Crippen LogP contribution in [0.1, 0.15) is 62.0 Å². The number of fused-ring (bicyclic) bond motifs is 1. The number of carbonyl (C=O) groups excluding carboxylic acids is 2. The lowest BCUT2D eigenvalue weighted by Gasteiger charge is -2.34. The molecule has 0 fully saturated rings. The Morgan fingerprint density at radius 1 is 1.08 bits per heavy atom. The zero-order valence-electron chi connectivity index (χ0n) is 21.4. The molecule has 0 saturated carbocycles. The number of aromatic nitrogens is 2. The Morgan fingerprint density at radius 3 is 2.35 bits per heavy atom. The second kappa shape index (κ2) is 12.4. The fourth-order valence-electron chi connectivity index (χ4n) is 4.42. The van der Waals surface area contributed by atoms with Crippen LogP contribution >= 0.6 is 0 Å². The molecule has 8 nitrogen and oxygen atoms in total. The number of carbonyl (C=O) groups is 2. The molecule has 3 atom stereocenters. The Hall–Kier alpha value is -3.88. The minimum Gasteiger partial charge on any atom is -0.462 e. The number of alkyl halides is 1. The molecule has 37 heavy (non-hydrogen) atoms. The number of halogens is 1. The van der Waals surface area contributed by atoms with Gasteiger partial charge in [0.05, 0.1) is 23.1 Å². The Labute approximate surface area is 216 Å². The Kier molecular flexibility index (Phi) is 9.27. The molecule has 2 unspecified atom stereocenters. The molecule has 9 heteroatoms. The number of amides is 1. The van der Waals surface area contributed by atoms with Gasteiger partial charge in [0.2, 0.25) is 0 Å². The van der Waals surface area contributed by atoms with Crippen molar-refractivity contribution in [3.63, 3.8) is 0 Å². The predicted octanol–water partition coefficient (Wildman–Crippen LogP) is 4.55. The number of hydrogen-bond donors (Lipinski definition) is 3. The molecule has 0 radical (unpaired) electrons. The van der Waals surface area contributed by atoms with Gasteiger partial charge in [0.25, 0.3) is 5.91 Å². The quantitative estimate of drug-likeness (QED) is 0.187. The van der Waals surface area contributed by atoms with Crippen LogP contribution in [-0.4, -0.2) is 46.0 Å². The third-order valence-electron chi connectivity index (χ3n) is 6.18. The molecule has 0 saturated heterocycles. The van der Waals surface area contributed by atoms with Gasteiger partial charge in [0, 0.05) is 31.7 Å². The second-order valence-electron chi connectivity index (χ2n) is 9.69. The van der Waals surface area contributed by atoms with Crippen molar-refractivity contribution >= 4 is 28.7 Å². The molecule has 1 heterocycles. The van der Waals surface area contributed by atoms with Crippen molar-refractivity contribution in [2.75, 3.05) is 6.54 Å². The summed E-state index contributed by atoms with van der Waals surface area (Å²) >= 11 is 0. The van der Waals surface area contributed by atoms with E-state index in [2.05, 4.69) is 15.3 Å². The average Bonchev–Trinajstić information content (AvgIpc) is 2.85. The lowest BCUT2D eigenvalue weighted by Crippen LogP contribution is -2.39. The largest absolute Gasteiger partial charge is 0.462 e. The molecule has 2 aromatic carbocycles. The van der Waals surface area contributed by atoms with Crippen molar-refractivity contribution in [3.05, 3.63) is 72.1 Å². The van der Waals surface area contributed by atoms with E-state index in [0.717, 1.165) is 5.56 Å². The molecule has 0 spiro atoms. The number of para-hydroxylation sites is 2. The summed E-state index contributed by atoms with van der Waals surface area (Å²) in [6.07, 6.45) is 1.45. The van der Waals surface area contributed by atoms with E-state index in [9.17, 15) is 14.0 Å². The average molecular weight is 508 g/mol. The summed E-state index contributed by atoms with van der Waals surface area (Å²) < 4.78 is 20.1. The van der Waals surface area contributed by atoms with Gasteiger partial charge in [0.15, 0.2) is 0 Å². The molecular weight excluding hydrogens is 473 g/mol. The van der Waals surface area contributed by atoms with Crippen LogP contribution < -0.4 is 11.1 Å². The Morgan fingerprint density at radius 2 is 1.73 bits per heavy atom. The van der Waals surface area contributed by atoms with Crippen molar-refractivity contribution in [1.82, 2.24) is 15.3 Å². The topological polar surface area (TPSA) is 131 Å². The Balaban J connectivity index is 1.81. The minimum absolute atomic E-state index is 0.106. The van der Waals surface area contributed by atoms with E-state index in [4.69, 9.17) is 15.9 Å². The minimum atomic E-state index is -1.44. The van der Waals surface area contributed by atoms with E-state index < -0.39 is 35.5 Å². The third-order valence-corrected chi connectivity index (χ3v) is 6.18. The van der Waals surface area contributed by atoms with E-state index in [1.165, 1.54) is 27.0 Å². The van der Waals surface area contributed by atoms with Crippen molar-refractivity contribution in [3.8, 4) is 0 Å². The zero-order valence-corrected chi connectivity index (χ0v) is 21.4. The summed E-state index contributed by atoms with van der Waals surface area (Å²) in [6, 6.07) is 16.6. The molecule has 4 N–H and O–H groups in total. The van der Waals surface area contributed by atoms with Gasteiger partial charge in [0.1, 0.15) is 17.5 Å². The number of hydrogen-bond acceptors (Lipinski definition) is 6. The fraction of sp³-hybridized carbons (Fsp3) is 0.393. The molecule has 3 aromatic rings. The van der Waals surface area contributed by atoms with Gasteiger partial charge >= 0.3 is 5.97 Å². The lowest BCUT2D eigenvalue weighted by molar-refractivity contribution is -0.148. The van der Waals surface area contributed by atoms with Crippen molar-refractivity contribution in [1.29, 1.82) is 5.41 Å². The first-order valence-electron chi connectivity index (χ1n) is 12.3. The number of benzene rings is 2. The second-order valence-corrected chi connectivity index (χ2v) is 9.69. The first-order chi connectivity index (χ1) is 17.5. The van der Waals surface area contributed by atoms with Crippen LogP contribution in [0.25, 0.3) is 11.0 Å². The number of nitrogens with one attached hydrogen (secondary N) is 2. The summed E-state index contributed by atoms with van der Waals surface area (Å²) in [5.74, 6) is -2.07. The standard InChI is InChI=1S/C28H34FN5O3/c1-18(35)37-24(14-16-32-27(36)23-17-33-21-11-7-8-12-22(21)34-23)25(19-9-5-4-6-10-19)20(26(30)31)13-15-28(2,3)29/h4-12,17,20,24-25H,13-16H2,1-3H3,(H3,30,31)(H,32,36)/t20?,24-,25?/m1/s1. The number of ether oxygens (including phenoxy) is 1. The van der Waals surface area contributed by atoms with E-state index in [0.29, 0.717) is 17.5 Å². The molecule has 196 valence electrons. The van der Waals surface area contributed by atoms with Gasteiger partial charge in [-0.2, -0.15) is 0 Å². The van der Waals surface area contributed by atoms with E-state index in [1.807, 2.05) is 48.5 Å². The highest BCUT2D eigenvalue weighted by molar-refractivity contribution is 5.93. The van der Waals surface area contributed by atoms with Crippen molar-refractivity contribution in [2.45, 2.75) is 57.7 Å². The van der Waals surface area contributed by atoms with E-state index in [1.54, 1.807) is 6.07 Å². The summed E-state index contributed by atoms with van der Waals surface area (Å²) in [6.45, 7) is 4.45. The molecule has 1 aromatic heterocycles. The number of amidine groups is 1. The zero-order chi connectivity index (χ0) is 27.0. The van der Waals surface area contributed by atoms with Crippen LogP contribution in [-0.2, 0) is 9.53 Å². The van der Waals surface area contributed by atoms with Gasteiger partial charge in [-0.25, -0.2) is 9.37 Å². The summed E-state index contributed by atoms with van der Waals surface area (Å²) in [4.78, 5) is 33.5. The fourth-order valence-corrected chi connectivity index (χ4v) is 4.42. The number of rotatable bonds is 12. The smallest absolute Gasteiger partial charge is 0.302 e. The third kappa shape index (κ3) is 8.06. The first kappa shape index (κ1) is 27.7. The van der Waals surface area contributed by atoms with Crippen LogP contribution in [0, 0.1) is 11.3 Å². The molecule has 0 aliphatic carbocycles. The predicted molar refractivity (Wildman–Crippen MR) is 141 cm³/mol. The molecule has 0 bridgehead atoms. The Bertz CT molecular complexity index is 1230. The van der Waals surface area contributed by atoms with Crippen LogP contribution in [0.2, 0.25) is 0 Å². The van der Waals surface area contributed by atoms with E-state index >= 15 is 0 Å². The van der Waals surface area contributed by atoms with Gasteiger partial charge in [-0.15, -0.1) is 0 Å². The molecule has 0 aliphatic rings. The maximum absolute atomic E-state index is 14.4. The SMILES string of the molecule is CC(=O)O[C@H](CCNC(=O)c1cnc2ccccc2n1)C(c1ccccc1)C(CCC(C)(C)F)C(=N)N. The first-order valence-corrected chi connectivity index (χ1v) is 12.3. The van der Waals surface area contributed by atoms with Gasteiger partial charge in [-0.3, -0.25) is 20.0 Å². The molecule has 3 rings (SSSR count). The van der Waals surface area contributed by atoms with E-state index in [-0.39, 0.29) is 30.9 Å². The summed E-state index contributed by atoms with van der Waals surface area (Å²) in [5, 5.41) is 11.1.